The van der Waals surface area contributed by atoms with Crippen molar-refractivity contribution < 1.29 is 9.53 Å². The second-order valence-corrected chi connectivity index (χ2v) is 6.52. The Hall–Kier alpha value is -1.35. The van der Waals surface area contributed by atoms with Gasteiger partial charge in [-0.2, -0.15) is 0 Å². The van der Waals surface area contributed by atoms with Crippen molar-refractivity contribution >= 4 is 5.97 Å². The van der Waals surface area contributed by atoms with Gasteiger partial charge in [-0.1, -0.05) is 6.07 Å². The molecule has 0 heterocycles. The zero-order valence-corrected chi connectivity index (χ0v) is 12.5. The molecular weight excluding hydrogens is 238 g/mol. The maximum absolute atomic E-state index is 11.9. The molecule has 19 heavy (non-hydrogen) atoms. The molecule has 0 fully saturated rings. The van der Waals surface area contributed by atoms with Crippen LogP contribution in [-0.4, -0.2) is 25.0 Å². The van der Waals surface area contributed by atoms with Gasteiger partial charge in [0.2, 0.25) is 0 Å². The number of carbonyl (C=O) groups excluding carboxylic acids is 1. The first-order valence-electron chi connectivity index (χ1n) is 6.80. The Labute approximate surface area is 115 Å². The molecule has 3 heteroatoms. The topological polar surface area (TPSA) is 29.5 Å². The average Bonchev–Trinajstić information content (AvgIpc) is 2.70. The van der Waals surface area contributed by atoms with Crippen molar-refractivity contribution in [2.75, 3.05) is 14.1 Å². The highest BCUT2D eigenvalue weighted by atomic mass is 16.5. The fourth-order valence-corrected chi connectivity index (χ4v) is 2.42. The van der Waals surface area contributed by atoms with Crippen LogP contribution in [0.1, 0.15) is 44.4 Å². The third kappa shape index (κ3) is 2.98. The van der Waals surface area contributed by atoms with Crippen LogP contribution in [0, 0.1) is 5.41 Å². The van der Waals surface area contributed by atoms with Gasteiger partial charge in [0.05, 0.1) is 5.41 Å². The zero-order valence-electron chi connectivity index (χ0n) is 12.5. The highest BCUT2D eigenvalue weighted by molar-refractivity contribution is 5.77. The number of rotatable bonds is 2. The summed E-state index contributed by atoms with van der Waals surface area (Å²) in [6, 6.07) is 6.45. The quantitative estimate of drug-likeness (QED) is 0.605. The minimum Gasteiger partial charge on any atom is -0.426 e. The zero-order chi connectivity index (χ0) is 14.2. The lowest BCUT2D eigenvalue weighted by molar-refractivity contribution is -0.143. The van der Waals surface area contributed by atoms with Crippen molar-refractivity contribution in [2.24, 2.45) is 5.41 Å². The molecule has 1 aliphatic carbocycles. The van der Waals surface area contributed by atoms with E-state index in [1.807, 2.05) is 32.9 Å². The molecule has 0 unspecified atom stereocenters. The summed E-state index contributed by atoms with van der Waals surface area (Å²) in [4.78, 5) is 14.1. The van der Waals surface area contributed by atoms with Gasteiger partial charge < -0.3 is 9.64 Å². The number of hydrogen-bond acceptors (Lipinski definition) is 3. The van der Waals surface area contributed by atoms with Crippen LogP contribution in [0.25, 0.3) is 0 Å². The Morgan fingerprint density at radius 3 is 2.58 bits per heavy atom. The van der Waals surface area contributed by atoms with E-state index >= 15 is 0 Å². The number of hydrogen-bond donors (Lipinski definition) is 0. The molecule has 1 aliphatic rings. The number of aryl methyl sites for hydroxylation is 1. The van der Waals surface area contributed by atoms with Gasteiger partial charge in [-0.25, -0.2) is 0 Å². The van der Waals surface area contributed by atoms with Crippen LogP contribution < -0.4 is 4.74 Å². The monoisotopic (exact) mass is 261 g/mol. The summed E-state index contributed by atoms with van der Waals surface area (Å²) in [5, 5.41) is 0. The predicted octanol–water partition coefficient (Wildman–Crippen LogP) is 3.19. The van der Waals surface area contributed by atoms with Crippen molar-refractivity contribution in [3.8, 4) is 5.75 Å². The van der Waals surface area contributed by atoms with Crippen LogP contribution in [-0.2, 0) is 11.2 Å². The van der Waals surface area contributed by atoms with Gasteiger partial charge in [0, 0.05) is 6.04 Å². The van der Waals surface area contributed by atoms with Gasteiger partial charge in [-0.05, 0) is 71.0 Å². The Bertz CT molecular complexity index is 486. The lowest BCUT2D eigenvalue weighted by Crippen LogP contribution is -2.25. The van der Waals surface area contributed by atoms with Gasteiger partial charge in [-0.3, -0.25) is 4.79 Å². The third-order valence-electron chi connectivity index (χ3n) is 3.61. The normalized spacial score (nSPS) is 18.5. The summed E-state index contributed by atoms with van der Waals surface area (Å²) in [5.41, 5.74) is 2.19. The molecule has 0 saturated carbocycles. The van der Waals surface area contributed by atoms with E-state index in [0.29, 0.717) is 11.8 Å². The Balaban J connectivity index is 2.22. The SMILES string of the molecule is CN(C)[C@@H]1CCc2ccc(OC(=O)C(C)(C)C)cc21. The molecule has 0 aromatic heterocycles. The number of ether oxygens (including phenoxy) is 1. The number of nitrogens with zero attached hydrogens (tertiary/aromatic N) is 1. The first-order chi connectivity index (χ1) is 8.79. The first-order valence-corrected chi connectivity index (χ1v) is 6.80. The summed E-state index contributed by atoms with van der Waals surface area (Å²) in [6.07, 6.45) is 2.24. The second-order valence-electron chi connectivity index (χ2n) is 6.52. The fraction of sp³-hybridized carbons (Fsp3) is 0.562. The van der Waals surface area contributed by atoms with Crippen molar-refractivity contribution in [1.82, 2.24) is 4.90 Å². The largest absolute Gasteiger partial charge is 0.426 e. The number of esters is 1. The Morgan fingerprint density at radius 2 is 2.00 bits per heavy atom. The summed E-state index contributed by atoms with van der Waals surface area (Å²) in [5.74, 6) is 0.472. The molecule has 1 aromatic carbocycles. The second kappa shape index (κ2) is 4.97. The smallest absolute Gasteiger partial charge is 0.316 e. The van der Waals surface area contributed by atoms with Crippen LogP contribution >= 0.6 is 0 Å². The molecule has 0 radical (unpaired) electrons. The van der Waals surface area contributed by atoms with E-state index < -0.39 is 5.41 Å². The van der Waals surface area contributed by atoms with Gasteiger partial charge in [0.15, 0.2) is 0 Å². The molecule has 0 spiro atoms. The maximum Gasteiger partial charge on any atom is 0.316 e. The summed E-state index contributed by atoms with van der Waals surface area (Å²) >= 11 is 0. The van der Waals surface area contributed by atoms with Gasteiger partial charge in [-0.15, -0.1) is 0 Å². The van der Waals surface area contributed by atoms with Crippen molar-refractivity contribution in [2.45, 2.75) is 39.7 Å². The summed E-state index contributed by atoms with van der Waals surface area (Å²) < 4.78 is 5.47. The summed E-state index contributed by atoms with van der Waals surface area (Å²) in [7, 11) is 4.18. The highest BCUT2D eigenvalue weighted by Gasteiger charge is 2.27. The van der Waals surface area contributed by atoms with E-state index in [1.165, 1.54) is 11.1 Å². The molecule has 3 nitrogen and oxygen atoms in total. The van der Waals surface area contributed by atoms with Crippen molar-refractivity contribution in [3.05, 3.63) is 29.3 Å². The number of fused-ring (bicyclic) bond motifs is 1. The lowest BCUT2D eigenvalue weighted by atomic mass is 9.97. The van der Waals surface area contributed by atoms with Crippen molar-refractivity contribution in [3.63, 3.8) is 0 Å². The molecule has 0 amide bonds. The highest BCUT2D eigenvalue weighted by Crippen LogP contribution is 2.36. The lowest BCUT2D eigenvalue weighted by Gasteiger charge is -2.21. The molecular formula is C16H23NO2. The van der Waals surface area contributed by atoms with Crippen LogP contribution in [0.15, 0.2) is 18.2 Å². The third-order valence-corrected chi connectivity index (χ3v) is 3.61. The molecule has 104 valence electrons. The Kier molecular flexibility index (Phi) is 3.68. The van der Waals surface area contributed by atoms with E-state index in [1.54, 1.807) is 0 Å². The molecule has 0 saturated heterocycles. The van der Waals surface area contributed by atoms with Gasteiger partial charge in [0.1, 0.15) is 5.75 Å². The molecule has 1 atom stereocenters. The molecule has 0 N–H and O–H groups in total. The van der Waals surface area contributed by atoms with E-state index in [0.717, 1.165) is 12.8 Å². The minimum absolute atomic E-state index is 0.188. The van der Waals surface area contributed by atoms with E-state index in [9.17, 15) is 4.79 Å². The number of carbonyl (C=O) groups is 1. The summed E-state index contributed by atoms with van der Waals surface area (Å²) in [6.45, 7) is 5.60. The maximum atomic E-state index is 11.9. The number of benzene rings is 1. The van der Waals surface area contributed by atoms with Gasteiger partial charge >= 0.3 is 5.97 Å². The van der Waals surface area contributed by atoms with Crippen LogP contribution in [0.2, 0.25) is 0 Å². The van der Waals surface area contributed by atoms with Crippen molar-refractivity contribution in [1.29, 1.82) is 0 Å². The van der Waals surface area contributed by atoms with E-state index in [4.69, 9.17) is 4.74 Å². The standard InChI is InChI=1S/C16H23NO2/c1-16(2,3)15(18)19-12-8-6-11-7-9-14(17(4)5)13(11)10-12/h6,8,10,14H,7,9H2,1-5H3/t14-/m1/s1. The predicted molar refractivity (Wildman–Crippen MR) is 76.3 cm³/mol. The van der Waals surface area contributed by atoms with Crippen LogP contribution in [0.5, 0.6) is 5.75 Å². The average molecular weight is 261 g/mol. The van der Waals surface area contributed by atoms with E-state index in [2.05, 4.69) is 25.1 Å². The molecule has 0 aliphatic heterocycles. The van der Waals surface area contributed by atoms with E-state index in [-0.39, 0.29) is 5.97 Å². The Morgan fingerprint density at radius 1 is 1.32 bits per heavy atom. The minimum atomic E-state index is -0.472. The first kappa shape index (κ1) is 14.1. The molecule has 0 bridgehead atoms. The molecule has 2 rings (SSSR count). The van der Waals surface area contributed by atoms with Gasteiger partial charge in [0.25, 0.3) is 0 Å². The fourth-order valence-electron chi connectivity index (χ4n) is 2.42. The van der Waals surface area contributed by atoms with Crippen LogP contribution in [0.4, 0.5) is 0 Å². The molecule has 1 aromatic rings. The van der Waals surface area contributed by atoms with Crippen LogP contribution in [0.3, 0.4) is 0 Å².